The first-order valence-electron chi connectivity index (χ1n) is 6.83. The highest BCUT2D eigenvalue weighted by molar-refractivity contribution is 5.82. The van der Waals surface area contributed by atoms with Gasteiger partial charge in [0.15, 0.2) is 18.1 Å². The molecule has 0 aromatic heterocycles. The number of amides is 1. The van der Waals surface area contributed by atoms with Crippen LogP contribution in [0.5, 0.6) is 11.5 Å². The first-order chi connectivity index (χ1) is 10.7. The number of hydrazone groups is 1. The molecule has 0 spiro atoms. The zero-order chi connectivity index (χ0) is 15.8. The van der Waals surface area contributed by atoms with E-state index in [1.165, 1.54) is 5.56 Å². The lowest BCUT2D eigenvalue weighted by Crippen LogP contribution is -2.24. The van der Waals surface area contributed by atoms with Crippen LogP contribution < -0.4 is 14.9 Å². The van der Waals surface area contributed by atoms with E-state index in [9.17, 15) is 4.79 Å². The van der Waals surface area contributed by atoms with Crippen molar-refractivity contribution in [3.05, 3.63) is 59.7 Å². The Labute approximate surface area is 129 Å². The van der Waals surface area contributed by atoms with Gasteiger partial charge in [0.2, 0.25) is 0 Å². The zero-order valence-electron chi connectivity index (χ0n) is 12.6. The molecular weight excluding hydrogens is 280 g/mol. The zero-order valence-corrected chi connectivity index (χ0v) is 12.6. The van der Waals surface area contributed by atoms with Crippen LogP contribution in [0.4, 0.5) is 0 Å². The Balaban J connectivity index is 1.82. The normalized spacial score (nSPS) is 10.5. The molecule has 2 aromatic rings. The third-order valence-corrected chi connectivity index (χ3v) is 2.91. The van der Waals surface area contributed by atoms with E-state index in [-0.39, 0.29) is 12.5 Å². The van der Waals surface area contributed by atoms with E-state index < -0.39 is 0 Å². The molecule has 0 unspecified atom stereocenters. The number of nitrogens with one attached hydrogen (secondary N) is 1. The van der Waals surface area contributed by atoms with Gasteiger partial charge in [-0.2, -0.15) is 5.10 Å². The summed E-state index contributed by atoms with van der Waals surface area (Å²) in [5.41, 5.74) is 4.50. The third-order valence-electron chi connectivity index (χ3n) is 2.91. The average molecular weight is 298 g/mol. The van der Waals surface area contributed by atoms with Crippen LogP contribution in [-0.4, -0.2) is 25.8 Å². The fourth-order valence-electron chi connectivity index (χ4n) is 1.74. The lowest BCUT2D eigenvalue weighted by atomic mass is 10.2. The van der Waals surface area contributed by atoms with Gasteiger partial charge in [-0.25, -0.2) is 5.43 Å². The summed E-state index contributed by atoms with van der Waals surface area (Å²) in [5, 5.41) is 3.89. The van der Waals surface area contributed by atoms with Gasteiger partial charge in [-0.1, -0.05) is 42.0 Å². The highest BCUT2D eigenvalue weighted by Crippen LogP contribution is 2.25. The number of hydrogen-bond donors (Lipinski definition) is 1. The number of carbonyl (C=O) groups excluding carboxylic acids is 1. The molecule has 0 heterocycles. The molecule has 5 nitrogen and oxygen atoms in total. The van der Waals surface area contributed by atoms with Crippen molar-refractivity contribution in [2.24, 2.45) is 5.10 Å². The van der Waals surface area contributed by atoms with E-state index in [0.717, 1.165) is 5.56 Å². The van der Waals surface area contributed by atoms with Crippen LogP contribution in [0, 0.1) is 6.92 Å². The summed E-state index contributed by atoms with van der Waals surface area (Å²) >= 11 is 0. The summed E-state index contributed by atoms with van der Waals surface area (Å²) in [7, 11) is 1.55. The van der Waals surface area contributed by atoms with Crippen molar-refractivity contribution in [1.29, 1.82) is 0 Å². The molecule has 0 saturated carbocycles. The van der Waals surface area contributed by atoms with Crippen LogP contribution in [0.25, 0.3) is 0 Å². The summed E-state index contributed by atoms with van der Waals surface area (Å²) in [6, 6.07) is 15.0. The minimum atomic E-state index is -0.339. The smallest absolute Gasteiger partial charge is 0.277 e. The molecule has 2 aromatic carbocycles. The van der Waals surface area contributed by atoms with Gasteiger partial charge in [-0.15, -0.1) is 0 Å². The first-order valence-corrected chi connectivity index (χ1v) is 6.83. The Morgan fingerprint density at radius 1 is 1.14 bits per heavy atom. The maximum absolute atomic E-state index is 11.7. The van der Waals surface area contributed by atoms with Gasteiger partial charge in [-0.3, -0.25) is 4.79 Å². The molecule has 1 N–H and O–H groups in total. The molecular formula is C17H18N2O3. The van der Waals surface area contributed by atoms with Crippen molar-refractivity contribution in [1.82, 2.24) is 5.43 Å². The van der Waals surface area contributed by atoms with Crippen molar-refractivity contribution in [2.45, 2.75) is 6.92 Å². The second-order valence-electron chi connectivity index (χ2n) is 4.64. The fourth-order valence-corrected chi connectivity index (χ4v) is 1.74. The van der Waals surface area contributed by atoms with E-state index in [0.29, 0.717) is 11.5 Å². The monoisotopic (exact) mass is 298 g/mol. The Morgan fingerprint density at radius 3 is 2.50 bits per heavy atom. The Morgan fingerprint density at radius 2 is 1.82 bits per heavy atom. The van der Waals surface area contributed by atoms with E-state index in [4.69, 9.17) is 9.47 Å². The van der Waals surface area contributed by atoms with E-state index in [1.807, 2.05) is 43.3 Å². The predicted octanol–water partition coefficient (Wildman–Crippen LogP) is 2.53. The second-order valence-corrected chi connectivity index (χ2v) is 4.64. The number of nitrogens with zero attached hydrogens (tertiary/aromatic N) is 1. The van der Waals surface area contributed by atoms with Gasteiger partial charge in [0.1, 0.15) is 0 Å². The summed E-state index contributed by atoms with van der Waals surface area (Å²) in [4.78, 5) is 11.7. The number of aryl methyl sites for hydroxylation is 1. The number of methoxy groups -OCH3 is 1. The molecule has 114 valence electrons. The van der Waals surface area contributed by atoms with Crippen LogP contribution in [-0.2, 0) is 4.79 Å². The molecule has 5 heteroatoms. The highest BCUT2D eigenvalue weighted by atomic mass is 16.5. The van der Waals surface area contributed by atoms with E-state index >= 15 is 0 Å². The van der Waals surface area contributed by atoms with E-state index in [1.54, 1.807) is 25.5 Å². The molecule has 0 aliphatic rings. The Kier molecular flexibility index (Phi) is 5.54. The lowest BCUT2D eigenvalue weighted by molar-refractivity contribution is -0.123. The van der Waals surface area contributed by atoms with Gasteiger partial charge in [0.25, 0.3) is 5.91 Å². The molecule has 0 fully saturated rings. The maximum Gasteiger partial charge on any atom is 0.277 e. The third kappa shape index (κ3) is 4.63. The van der Waals surface area contributed by atoms with Gasteiger partial charge in [0.05, 0.1) is 13.3 Å². The van der Waals surface area contributed by atoms with Gasteiger partial charge in [-0.05, 0) is 24.6 Å². The maximum atomic E-state index is 11.7. The molecule has 1 amide bonds. The number of rotatable bonds is 6. The number of benzene rings is 2. The molecule has 0 aliphatic heterocycles. The standard InChI is InChI=1S/C17H18N2O3/c1-13-7-9-14(10-8-13)11-18-19-17(20)12-22-16-6-4-3-5-15(16)21-2/h3-11H,12H2,1-2H3,(H,19,20)/b18-11+. The number of carbonyl (C=O) groups is 1. The highest BCUT2D eigenvalue weighted by Gasteiger charge is 2.05. The summed E-state index contributed by atoms with van der Waals surface area (Å²) in [6.07, 6.45) is 1.58. The van der Waals surface area contributed by atoms with Crippen LogP contribution in [0.3, 0.4) is 0 Å². The number of hydrogen-bond acceptors (Lipinski definition) is 4. The topological polar surface area (TPSA) is 59.9 Å². The minimum absolute atomic E-state index is 0.133. The Bertz CT molecular complexity index is 651. The molecule has 2 rings (SSSR count). The van der Waals surface area contributed by atoms with Gasteiger partial charge < -0.3 is 9.47 Å². The number of ether oxygens (including phenoxy) is 2. The number of para-hydroxylation sites is 2. The summed E-state index contributed by atoms with van der Waals surface area (Å²) in [6.45, 7) is 1.88. The minimum Gasteiger partial charge on any atom is -0.493 e. The van der Waals surface area contributed by atoms with Crippen LogP contribution in [0.2, 0.25) is 0 Å². The molecule has 0 radical (unpaired) electrons. The predicted molar refractivity (Wildman–Crippen MR) is 85.4 cm³/mol. The molecule has 0 aliphatic carbocycles. The average Bonchev–Trinajstić information content (AvgIpc) is 2.55. The quantitative estimate of drug-likeness (QED) is 0.658. The molecule has 0 saturated heterocycles. The van der Waals surface area contributed by atoms with Gasteiger partial charge >= 0.3 is 0 Å². The van der Waals surface area contributed by atoms with Crippen molar-refractivity contribution in [3.8, 4) is 11.5 Å². The largest absolute Gasteiger partial charge is 0.493 e. The van der Waals surface area contributed by atoms with Gasteiger partial charge in [0, 0.05) is 0 Å². The van der Waals surface area contributed by atoms with Crippen LogP contribution >= 0.6 is 0 Å². The summed E-state index contributed by atoms with van der Waals surface area (Å²) in [5.74, 6) is 0.760. The Hall–Kier alpha value is -2.82. The fraction of sp³-hybridized carbons (Fsp3) is 0.176. The van der Waals surface area contributed by atoms with E-state index in [2.05, 4.69) is 10.5 Å². The van der Waals surface area contributed by atoms with Crippen molar-refractivity contribution in [2.75, 3.05) is 13.7 Å². The molecule has 0 bridgehead atoms. The van der Waals surface area contributed by atoms with Crippen LogP contribution in [0.15, 0.2) is 53.6 Å². The van der Waals surface area contributed by atoms with Crippen molar-refractivity contribution in [3.63, 3.8) is 0 Å². The second kappa shape index (κ2) is 7.83. The summed E-state index contributed by atoms with van der Waals surface area (Å²) < 4.78 is 10.5. The first kappa shape index (κ1) is 15.6. The van der Waals surface area contributed by atoms with Crippen molar-refractivity contribution >= 4 is 12.1 Å². The SMILES string of the molecule is COc1ccccc1OCC(=O)N/N=C/c1ccc(C)cc1. The molecule has 0 atom stereocenters. The van der Waals surface area contributed by atoms with Crippen LogP contribution in [0.1, 0.15) is 11.1 Å². The lowest BCUT2D eigenvalue weighted by Gasteiger charge is -2.09. The molecule has 22 heavy (non-hydrogen) atoms. The van der Waals surface area contributed by atoms with Crippen molar-refractivity contribution < 1.29 is 14.3 Å².